The van der Waals surface area contributed by atoms with Crippen LogP contribution in [0.3, 0.4) is 0 Å². The summed E-state index contributed by atoms with van der Waals surface area (Å²) in [5.74, 6) is 0.439. The lowest BCUT2D eigenvalue weighted by atomic mass is 9.83. The summed E-state index contributed by atoms with van der Waals surface area (Å²) in [6, 6.07) is 1.82. The summed E-state index contributed by atoms with van der Waals surface area (Å²) in [4.78, 5) is 11.4. The van der Waals surface area contributed by atoms with Crippen LogP contribution < -0.4 is 9.47 Å². The molecule has 0 fully saturated rings. The van der Waals surface area contributed by atoms with Crippen molar-refractivity contribution in [3.05, 3.63) is 22.2 Å². The van der Waals surface area contributed by atoms with E-state index in [2.05, 4.69) is 0 Å². The van der Waals surface area contributed by atoms with Crippen LogP contribution in [0.2, 0.25) is 5.02 Å². The Bertz CT molecular complexity index is 552. The number of rotatable bonds is 4. The third-order valence-corrected chi connectivity index (χ3v) is 4.01. The van der Waals surface area contributed by atoms with E-state index in [-0.39, 0.29) is 0 Å². The highest BCUT2D eigenvalue weighted by molar-refractivity contribution is 6.32. The molecule has 0 radical (unpaired) electrons. The van der Waals surface area contributed by atoms with Gasteiger partial charge in [0.15, 0.2) is 11.5 Å². The maximum atomic E-state index is 11.4. The predicted octanol–water partition coefficient (Wildman–Crippen LogP) is 3.72. The Kier molecular flexibility index (Phi) is 4.67. The second-order valence-corrected chi connectivity index (χ2v) is 6.33. The Balaban J connectivity index is 2.50. The highest BCUT2D eigenvalue weighted by atomic mass is 35.5. The zero-order valence-electron chi connectivity index (χ0n) is 12.7. The molecule has 0 atom stereocenters. The van der Waals surface area contributed by atoms with Gasteiger partial charge in [-0.1, -0.05) is 18.5 Å². The first-order valence-corrected chi connectivity index (χ1v) is 7.58. The zero-order valence-corrected chi connectivity index (χ0v) is 13.4. The van der Waals surface area contributed by atoms with E-state index in [0.717, 1.165) is 24.0 Å². The van der Waals surface area contributed by atoms with Gasteiger partial charge in [-0.15, -0.1) is 0 Å². The molecule has 0 aromatic heterocycles. The fourth-order valence-electron chi connectivity index (χ4n) is 2.49. The highest BCUT2D eigenvalue weighted by Crippen LogP contribution is 2.43. The SMILES string of the molecule is CCc1c(CC(C)(C)C(=O)O)cc(Cl)c2c1OCCCO2. The number of carboxylic acids is 1. The quantitative estimate of drug-likeness (QED) is 0.920. The summed E-state index contributed by atoms with van der Waals surface area (Å²) in [7, 11) is 0. The van der Waals surface area contributed by atoms with Crippen LogP contribution in [0.25, 0.3) is 0 Å². The van der Waals surface area contributed by atoms with Gasteiger partial charge in [-0.25, -0.2) is 0 Å². The largest absolute Gasteiger partial charge is 0.489 e. The Morgan fingerprint density at radius 2 is 1.95 bits per heavy atom. The minimum atomic E-state index is -0.854. The summed E-state index contributed by atoms with van der Waals surface area (Å²) in [6.45, 7) is 6.62. The van der Waals surface area contributed by atoms with Crippen molar-refractivity contribution < 1.29 is 19.4 Å². The third kappa shape index (κ3) is 3.26. The van der Waals surface area contributed by atoms with Gasteiger partial charge in [0, 0.05) is 12.0 Å². The molecular weight excluding hydrogens is 292 g/mol. The number of aliphatic carboxylic acids is 1. The van der Waals surface area contributed by atoms with E-state index in [1.807, 2.05) is 13.0 Å². The van der Waals surface area contributed by atoms with Gasteiger partial charge in [-0.05, 0) is 38.3 Å². The standard InChI is InChI=1S/C16H21ClO4/c1-4-11-10(9-16(2,3)15(18)19)8-12(17)14-13(11)20-6-5-7-21-14/h8H,4-7,9H2,1-3H3,(H,18,19). The molecule has 4 nitrogen and oxygen atoms in total. The molecule has 21 heavy (non-hydrogen) atoms. The maximum Gasteiger partial charge on any atom is 0.309 e. The van der Waals surface area contributed by atoms with Gasteiger partial charge < -0.3 is 14.6 Å². The Morgan fingerprint density at radius 1 is 1.33 bits per heavy atom. The molecule has 1 aliphatic rings. The van der Waals surface area contributed by atoms with Crippen LogP contribution in [0.15, 0.2) is 6.07 Å². The molecule has 2 rings (SSSR count). The number of hydrogen-bond acceptors (Lipinski definition) is 3. The first kappa shape index (κ1) is 16.0. The molecule has 0 bridgehead atoms. The second-order valence-electron chi connectivity index (χ2n) is 5.92. The van der Waals surface area contributed by atoms with Crippen molar-refractivity contribution in [3.8, 4) is 11.5 Å². The molecule has 0 aliphatic carbocycles. The average Bonchev–Trinajstić information content (AvgIpc) is 2.64. The van der Waals surface area contributed by atoms with Gasteiger partial charge >= 0.3 is 5.97 Å². The van der Waals surface area contributed by atoms with Gasteiger partial charge in [-0.2, -0.15) is 0 Å². The Labute approximate surface area is 130 Å². The van der Waals surface area contributed by atoms with E-state index in [1.165, 1.54) is 0 Å². The van der Waals surface area contributed by atoms with Crippen molar-refractivity contribution in [3.63, 3.8) is 0 Å². The molecular formula is C16H21ClO4. The van der Waals surface area contributed by atoms with Crippen LogP contribution in [-0.2, 0) is 17.6 Å². The van der Waals surface area contributed by atoms with Gasteiger partial charge in [0.1, 0.15) is 0 Å². The van der Waals surface area contributed by atoms with E-state index < -0.39 is 11.4 Å². The first-order valence-electron chi connectivity index (χ1n) is 7.20. The van der Waals surface area contributed by atoms with E-state index in [4.69, 9.17) is 21.1 Å². The monoisotopic (exact) mass is 312 g/mol. The Hall–Kier alpha value is -1.42. The van der Waals surface area contributed by atoms with Crippen molar-refractivity contribution in [1.29, 1.82) is 0 Å². The van der Waals surface area contributed by atoms with Crippen molar-refractivity contribution >= 4 is 17.6 Å². The van der Waals surface area contributed by atoms with Gasteiger partial charge in [-0.3, -0.25) is 4.79 Å². The minimum Gasteiger partial charge on any atom is -0.489 e. The third-order valence-electron chi connectivity index (χ3n) is 3.73. The number of carbonyl (C=O) groups is 1. The number of fused-ring (bicyclic) bond motifs is 1. The molecule has 1 aromatic rings. The maximum absolute atomic E-state index is 11.4. The van der Waals surface area contributed by atoms with Crippen molar-refractivity contribution in [2.24, 2.45) is 5.41 Å². The van der Waals surface area contributed by atoms with Crippen LogP contribution in [0.4, 0.5) is 0 Å². The molecule has 0 spiro atoms. The summed E-state index contributed by atoms with van der Waals surface area (Å²) in [6.07, 6.45) is 1.96. The second kappa shape index (κ2) is 6.14. The van der Waals surface area contributed by atoms with Crippen molar-refractivity contribution in [1.82, 2.24) is 0 Å². The highest BCUT2D eigenvalue weighted by Gasteiger charge is 2.30. The zero-order chi connectivity index (χ0) is 15.6. The van der Waals surface area contributed by atoms with Crippen molar-refractivity contribution in [2.45, 2.75) is 40.0 Å². The number of ether oxygens (including phenoxy) is 2. The van der Waals surface area contributed by atoms with E-state index >= 15 is 0 Å². The summed E-state index contributed by atoms with van der Waals surface area (Å²) in [5.41, 5.74) is 1.05. The summed E-state index contributed by atoms with van der Waals surface area (Å²) >= 11 is 6.30. The molecule has 5 heteroatoms. The van der Waals surface area contributed by atoms with Crippen LogP contribution >= 0.6 is 11.6 Å². The number of carboxylic acid groups (broad SMARTS) is 1. The lowest BCUT2D eigenvalue weighted by Crippen LogP contribution is -2.26. The Morgan fingerprint density at radius 3 is 2.52 bits per heavy atom. The predicted molar refractivity (Wildman–Crippen MR) is 81.6 cm³/mol. The molecule has 0 saturated carbocycles. The number of hydrogen-bond donors (Lipinski definition) is 1. The lowest BCUT2D eigenvalue weighted by Gasteiger charge is -2.23. The van der Waals surface area contributed by atoms with Crippen LogP contribution in [-0.4, -0.2) is 24.3 Å². The van der Waals surface area contributed by atoms with Gasteiger partial charge in [0.25, 0.3) is 0 Å². The van der Waals surface area contributed by atoms with Gasteiger partial charge in [0.2, 0.25) is 0 Å². The van der Waals surface area contributed by atoms with E-state index in [0.29, 0.717) is 36.2 Å². The molecule has 1 N–H and O–H groups in total. The van der Waals surface area contributed by atoms with Crippen LogP contribution in [0.5, 0.6) is 11.5 Å². The fraction of sp³-hybridized carbons (Fsp3) is 0.562. The van der Waals surface area contributed by atoms with E-state index in [1.54, 1.807) is 13.8 Å². The van der Waals surface area contributed by atoms with Crippen LogP contribution in [0, 0.1) is 5.41 Å². The average molecular weight is 313 g/mol. The van der Waals surface area contributed by atoms with Crippen molar-refractivity contribution in [2.75, 3.05) is 13.2 Å². The summed E-state index contributed by atoms with van der Waals surface area (Å²) in [5, 5.41) is 9.82. The minimum absolute atomic E-state index is 0.405. The molecule has 0 unspecified atom stereocenters. The van der Waals surface area contributed by atoms with E-state index in [9.17, 15) is 9.90 Å². The van der Waals surface area contributed by atoms with Gasteiger partial charge in [0.05, 0.1) is 23.7 Å². The topological polar surface area (TPSA) is 55.8 Å². The molecule has 116 valence electrons. The molecule has 1 aromatic carbocycles. The molecule has 1 aliphatic heterocycles. The normalized spacial score (nSPS) is 14.7. The molecule has 0 amide bonds. The molecule has 0 saturated heterocycles. The fourth-order valence-corrected chi connectivity index (χ4v) is 2.76. The molecule has 1 heterocycles. The number of halogens is 1. The lowest BCUT2D eigenvalue weighted by molar-refractivity contribution is -0.146. The summed E-state index contributed by atoms with van der Waals surface area (Å²) < 4.78 is 11.5. The smallest absolute Gasteiger partial charge is 0.309 e. The number of benzene rings is 1. The van der Waals surface area contributed by atoms with Crippen LogP contribution in [0.1, 0.15) is 38.3 Å². The first-order chi connectivity index (χ1) is 9.86.